The topological polar surface area (TPSA) is 79.5 Å². The Morgan fingerprint density at radius 1 is 1.05 bits per heavy atom. The van der Waals surface area contributed by atoms with Crippen LogP contribution in [0.5, 0.6) is 11.5 Å². The first-order valence-corrected chi connectivity index (χ1v) is 13.2. The maximum atomic E-state index is 12.6. The molecule has 2 aliphatic rings. The van der Waals surface area contributed by atoms with Gasteiger partial charge in [-0.1, -0.05) is 23.9 Å². The molecule has 37 heavy (non-hydrogen) atoms. The Balaban J connectivity index is 1.27. The van der Waals surface area contributed by atoms with Crippen LogP contribution < -0.4 is 20.5 Å². The number of para-hydroxylation sites is 1. The molecular formula is C29H28N4O3S. The maximum absolute atomic E-state index is 12.6. The highest BCUT2D eigenvalue weighted by Crippen LogP contribution is 2.51. The van der Waals surface area contributed by atoms with E-state index in [4.69, 9.17) is 9.47 Å². The fourth-order valence-electron chi connectivity index (χ4n) is 4.73. The summed E-state index contributed by atoms with van der Waals surface area (Å²) in [6.07, 6.45) is 3.76. The van der Waals surface area contributed by atoms with Crippen LogP contribution in [0.2, 0.25) is 0 Å². The van der Waals surface area contributed by atoms with Gasteiger partial charge in [0.05, 0.1) is 34.7 Å². The molecule has 2 aromatic carbocycles. The number of hydrogen-bond acceptors (Lipinski definition) is 7. The average Bonchev–Trinajstić information content (AvgIpc) is 2.91. The van der Waals surface area contributed by atoms with Gasteiger partial charge in [-0.2, -0.15) is 0 Å². The van der Waals surface area contributed by atoms with Gasteiger partial charge in [0.15, 0.2) is 5.75 Å². The first-order valence-electron chi connectivity index (χ1n) is 12.4. The lowest BCUT2D eigenvalue weighted by Crippen LogP contribution is -2.36. The zero-order valence-electron chi connectivity index (χ0n) is 20.8. The summed E-state index contributed by atoms with van der Waals surface area (Å²) in [6, 6.07) is 18.2. The van der Waals surface area contributed by atoms with Gasteiger partial charge in [0.25, 0.3) is 0 Å². The fraction of sp³-hybridized carbons (Fsp3) is 0.241. The van der Waals surface area contributed by atoms with Crippen LogP contribution >= 0.6 is 11.8 Å². The standard InChI is InChI=1S/C29H28N4O3S/c1-18-12-20(17-30-16-18)19(2)31-21-6-7-25-27(13-21)37-26-5-3-4-23(29(26)36-25)24-14-22(15-28(34)32-24)33-8-10-35-11-9-33/h3-7,12-17,19,31H,8-11H2,1-2H3,(H,32,34). The molecule has 0 aliphatic carbocycles. The van der Waals surface area contributed by atoms with Crippen molar-refractivity contribution in [2.24, 2.45) is 0 Å². The molecule has 4 heterocycles. The maximum Gasteiger partial charge on any atom is 0.250 e. The Labute approximate surface area is 219 Å². The Morgan fingerprint density at radius 2 is 1.92 bits per heavy atom. The molecular weight excluding hydrogens is 484 g/mol. The van der Waals surface area contributed by atoms with Crippen LogP contribution in [0.25, 0.3) is 11.3 Å². The second-order valence-electron chi connectivity index (χ2n) is 9.38. The van der Waals surface area contributed by atoms with Gasteiger partial charge in [0, 0.05) is 48.5 Å². The number of fused-ring (bicyclic) bond motifs is 2. The van der Waals surface area contributed by atoms with Crippen molar-refractivity contribution in [2.45, 2.75) is 29.7 Å². The number of H-pyrrole nitrogens is 1. The molecule has 0 bridgehead atoms. The van der Waals surface area contributed by atoms with E-state index in [1.54, 1.807) is 17.8 Å². The highest BCUT2D eigenvalue weighted by atomic mass is 32.2. The highest BCUT2D eigenvalue weighted by Gasteiger charge is 2.23. The number of aromatic amines is 1. The molecule has 6 rings (SSSR count). The van der Waals surface area contributed by atoms with Gasteiger partial charge in [-0.05, 0) is 61.4 Å². The molecule has 0 saturated carbocycles. The average molecular weight is 513 g/mol. The summed E-state index contributed by atoms with van der Waals surface area (Å²) in [4.78, 5) is 24.1. The summed E-state index contributed by atoms with van der Waals surface area (Å²) in [5.41, 5.74) is 5.69. The predicted molar refractivity (Wildman–Crippen MR) is 147 cm³/mol. The van der Waals surface area contributed by atoms with E-state index in [1.165, 1.54) is 0 Å². The molecule has 188 valence electrons. The van der Waals surface area contributed by atoms with Gasteiger partial charge >= 0.3 is 0 Å². The number of morpholine rings is 1. The Kier molecular flexibility index (Phi) is 6.36. The molecule has 4 aromatic rings. The van der Waals surface area contributed by atoms with Crippen molar-refractivity contribution in [3.8, 4) is 22.8 Å². The molecule has 8 heteroatoms. The number of nitrogens with zero attached hydrogens (tertiary/aromatic N) is 2. The lowest BCUT2D eigenvalue weighted by atomic mass is 10.1. The van der Waals surface area contributed by atoms with Crippen molar-refractivity contribution in [3.63, 3.8) is 0 Å². The summed E-state index contributed by atoms with van der Waals surface area (Å²) in [6.45, 7) is 7.05. The zero-order valence-corrected chi connectivity index (χ0v) is 21.6. The Morgan fingerprint density at radius 3 is 2.76 bits per heavy atom. The number of ether oxygens (including phenoxy) is 2. The van der Waals surface area contributed by atoms with E-state index in [9.17, 15) is 4.79 Å². The van der Waals surface area contributed by atoms with Crippen LogP contribution in [0.4, 0.5) is 11.4 Å². The monoisotopic (exact) mass is 512 g/mol. The van der Waals surface area contributed by atoms with Crippen LogP contribution in [-0.4, -0.2) is 36.3 Å². The number of rotatable bonds is 5. The third-order valence-corrected chi connectivity index (χ3v) is 7.71. The van der Waals surface area contributed by atoms with Gasteiger partial charge in [0.1, 0.15) is 5.75 Å². The lowest BCUT2D eigenvalue weighted by molar-refractivity contribution is 0.122. The van der Waals surface area contributed by atoms with Gasteiger partial charge in [-0.3, -0.25) is 9.78 Å². The van der Waals surface area contributed by atoms with E-state index < -0.39 is 0 Å². The van der Waals surface area contributed by atoms with E-state index in [-0.39, 0.29) is 11.6 Å². The molecule has 1 atom stereocenters. The second kappa shape index (κ2) is 9.95. The third kappa shape index (κ3) is 4.95. The lowest BCUT2D eigenvalue weighted by Gasteiger charge is -2.29. The number of benzene rings is 2. The molecule has 1 fully saturated rings. The van der Waals surface area contributed by atoms with E-state index in [0.29, 0.717) is 13.2 Å². The molecule has 7 nitrogen and oxygen atoms in total. The minimum absolute atomic E-state index is 0.120. The van der Waals surface area contributed by atoms with Gasteiger partial charge in [0.2, 0.25) is 5.56 Å². The van der Waals surface area contributed by atoms with Crippen molar-refractivity contribution in [3.05, 3.63) is 88.5 Å². The molecule has 0 radical (unpaired) electrons. The summed E-state index contributed by atoms with van der Waals surface area (Å²) >= 11 is 1.67. The minimum atomic E-state index is -0.130. The SMILES string of the molecule is Cc1cncc(C(C)Nc2ccc3c(c2)Sc2cccc(-c4cc(N5CCOCC5)cc(=O)[nH]4)c2O3)c1. The summed E-state index contributed by atoms with van der Waals surface area (Å²) in [5, 5.41) is 3.58. The van der Waals surface area contributed by atoms with Crippen LogP contribution in [0.15, 0.2) is 81.6 Å². The van der Waals surface area contributed by atoms with E-state index in [1.807, 2.05) is 42.7 Å². The molecule has 2 aromatic heterocycles. The Bertz CT molecular complexity index is 1510. The number of nitrogens with one attached hydrogen (secondary N) is 2. The number of aryl methyl sites for hydroxylation is 1. The Hall–Kier alpha value is -3.75. The zero-order chi connectivity index (χ0) is 25.4. The van der Waals surface area contributed by atoms with E-state index in [2.05, 4.69) is 52.2 Å². The van der Waals surface area contributed by atoms with Crippen molar-refractivity contribution in [1.82, 2.24) is 9.97 Å². The number of aromatic nitrogens is 2. The van der Waals surface area contributed by atoms with Gasteiger partial charge in [-0.25, -0.2) is 0 Å². The highest BCUT2D eigenvalue weighted by molar-refractivity contribution is 7.99. The first-order chi connectivity index (χ1) is 18.0. The largest absolute Gasteiger partial charge is 0.454 e. The smallest absolute Gasteiger partial charge is 0.250 e. The molecule has 2 aliphatic heterocycles. The molecule has 0 amide bonds. The molecule has 1 unspecified atom stereocenters. The predicted octanol–water partition coefficient (Wildman–Crippen LogP) is 6.01. The summed E-state index contributed by atoms with van der Waals surface area (Å²) < 4.78 is 11.9. The van der Waals surface area contributed by atoms with Crippen LogP contribution in [0.3, 0.4) is 0 Å². The van der Waals surface area contributed by atoms with Gasteiger partial charge in [-0.15, -0.1) is 0 Å². The normalized spacial score (nSPS) is 15.4. The van der Waals surface area contributed by atoms with Crippen LogP contribution in [-0.2, 0) is 4.74 Å². The van der Waals surface area contributed by atoms with Crippen LogP contribution in [0, 0.1) is 6.92 Å². The molecule has 1 saturated heterocycles. The number of anilines is 2. The van der Waals surface area contributed by atoms with Crippen molar-refractivity contribution >= 4 is 23.1 Å². The van der Waals surface area contributed by atoms with E-state index in [0.717, 1.165) is 68.1 Å². The van der Waals surface area contributed by atoms with Crippen molar-refractivity contribution in [1.29, 1.82) is 0 Å². The fourth-order valence-corrected chi connectivity index (χ4v) is 5.75. The molecule has 2 N–H and O–H groups in total. The van der Waals surface area contributed by atoms with E-state index >= 15 is 0 Å². The summed E-state index contributed by atoms with van der Waals surface area (Å²) in [5.74, 6) is 1.56. The quantitative estimate of drug-likeness (QED) is 0.298. The van der Waals surface area contributed by atoms with Crippen molar-refractivity contribution < 1.29 is 9.47 Å². The second-order valence-corrected chi connectivity index (χ2v) is 10.5. The molecule has 0 spiro atoms. The van der Waals surface area contributed by atoms with Crippen LogP contribution in [0.1, 0.15) is 24.1 Å². The summed E-state index contributed by atoms with van der Waals surface area (Å²) in [7, 11) is 0. The number of hydrogen-bond donors (Lipinski definition) is 2. The van der Waals surface area contributed by atoms with Crippen molar-refractivity contribution in [2.75, 3.05) is 36.5 Å². The van der Waals surface area contributed by atoms with Gasteiger partial charge < -0.3 is 24.7 Å². The first kappa shape index (κ1) is 23.6. The third-order valence-electron chi connectivity index (χ3n) is 6.63. The number of pyridine rings is 2. The minimum Gasteiger partial charge on any atom is -0.454 e.